The first-order valence-electron chi connectivity index (χ1n) is 7.26. The Morgan fingerprint density at radius 2 is 2.05 bits per heavy atom. The van der Waals surface area contributed by atoms with Crippen molar-refractivity contribution in [3.63, 3.8) is 0 Å². The van der Waals surface area contributed by atoms with E-state index in [1.807, 2.05) is 18.2 Å². The molecule has 5 heteroatoms. The maximum atomic E-state index is 11.3. The van der Waals surface area contributed by atoms with Crippen molar-refractivity contribution in [3.8, 4) is 0 Å². The maximum Gasteiger partial charge on any atom is 0.224 e. The molecule has 108 valence electrons. The predicted molar refractivity (Wildman–Crippen MR) is 77.7 cm³/mol. The highest BCUT2D eigenvalue weighted by atomic mass is 16.3. The normalized spacial score (nSPS) is 21.1. The molecule has 1 saturated heterocycles. The smallest absolute Gasteiger partial charge is 0.224 e. The summed E-state index contributed by atoms with van der Waals surface area (Å²) in [6, 6.07) is 5.85. The van der Waals surface area contributed by atoms with E-state index in [2.05, 4.69) is 15.5 Å². The Morgan fingerprint density at radius 1 is 1.25 bits per heavy atom. The summed E-state index contributed by atoms with van der Waals surface area (Å²) in [5, 5.41) is 16.6. The van der Waals surface area contributed by atoms with Crippen LogP contribution >= 0.6 is 0 Å². The number of hydrogen-bond donors (Lipinski definition) is 3. The minimum absolute atomic E-state index is 0.0756. The Labute approximate surface area is 119 Å². The Kier molecular flexibility index (Phi) is 4.00. The summed E-state index contributed by atoms with van der Waals surface area (Å²) >= 11 is 0. The molecule has 5 nitrogen and oxygen atoms in total. The van der Waals surface area contributed by atoms with Crippen LogP contribution in [-0.4, -0.2) is 48.6 Å². The fraction of sp³-hybridized carbons (Fsp3) is 0.533. The second-order valence-corrected chi connectivity index (χ2v) is 5.53. The third kappa shape index (κ3) is 3.00. The Balaban J connectivity index is 1.68. The summed E-state index contributed by atoms with van der Waals surface area (Å²) < 4.78 is 0. The van der Waals surface area contributed by atoms with Crippen LogP contribution < -0.4 is 10.6 Å². The van der Waals surface area contributed by atoms with Gasteiger partial charge in [0.25, 0.3) is 0 Å². The number of rotatable bonds is 3. The zero-order valence-corrected chi connectivity index (χ0v) is 11.6. The van der Waals surface area contributed by atoms with E-state index in [0.29, 0.717) is 13.0 Å². The number of amides is 1. The van der Waals surface area contributed by atoms with Crippen molar-refractivity contribution in [3.05, 3.63) is 29.3 Å². The third-order valence-corrected chi connectivity index (χ3v) is 4.05. The van der Waals surface area contributed by atoms with Gasteiger partial charge in [0, 0.05) is 44.8 Å². The van der Waals surface area contributed by atoms with Crippen molar-refractivity contribution in [1.82, 2.24) is 10.2 Å². The van der Waals surface area contributed by atoms with Crippen LogP contribution in [0.25, 0.3) is 0 Å². The van der Waals surface area contributed by atoms with E-state index in [0.717, 1.165) is 49.4 Å². The van der Waals surface area contributed by atoms with Crippen LogP contribution in [0.1, 0.15) is 23.7 Å². The Hall–Kier alpha value is -1.43. The fourth-order valence-corrected chi connectivity index (χ4v) is 2.85. The molecule has 1 aromatic rings. The summed E-state index contributed by atoms with van der Waals surface area (Å²) in [5.41, 5.74) is 2.96. The third-order valence-electron chi connectivity index (χ3n) is 4.05. The van der Waals surface area contributed by atoms with Gasteiger partial charge in [0.2, 0.25) is 5.91 Å². The lowest BCUT2D eigenvalue weighted by molar-refractivity contribution is -0.116. The zero-order valence-electron chi connectivity index (χ0n) is 11.6. The van der Waals surface area contributed by atoms with Crippen molar-refractivity contribution in [2.45, 2.75) is 18.9 Å². The Bertz CT molecular complexity index is 498. The van der Waals surface area contributed by atoms with Gasteiger partial charge in [-0.2, -0.15) is 0 Å². The molecule has 0 bridgehead atoms. The van der Waals surface area contributed by atoms with Crippen molar-refractivity contribution in [2.24, 2.45) is 0 Å². The first kappa shape index (κ1) is 13.5. The van der Waals surface area contributed by atoms with Gasteiger partial charge in [-0.15, -0.1) is 0 Å². The van der Waals surface area contributed by atoms with E-state index in [1.54, 1.807) is 0 Å². The highest BCUT2D eigenvalue weighted by Crippen LogP contribution is 2.26. The number of aryl methyl sites for hydroxylation is 1. The first-order valence-corrected chi connectivity index (χ1v) is 7.26. The van der Waals surface area contributed by atoms with Gasteiger partial charge in [-0.05, 0) is 23.6 Å². The molecule has 1 amide bonds. The van der Waals surface area contributed by atoms with Gasteiger partial charge in [-0.1, -0.05) is 12.1 Å². The predicted octanol–water partition coefficient (Wildman–Crippen LogP) is 0.510. The van der Waals surface area contributed by atoms with E-state index < -0.39 is 6.10 Å². The van der Waals surface area contributed by atoms with Crippen LogP contribution in [0.2, 0.25) is 0 Å². The quantitative estimate of drug-likeness (QED) is 0.752. The number of nitrogens with one attached hydrogen (secondary N) is 2. The summed E-state index contributed by atoms with van der Waals surface area (Å²) in [6.45, 7) is 4.62. The van der Waals surface area contributed by atoms with E-state index >= 15 is 0 Å². The molecule has 0 spiro atoms. The number of piperazine rings is 1. The average Bonchev–Trinajstić information content (AvgIpc) is 2.47. The van der Waals surface area contributed by atoms with Crippen LogP contribution in [0.4, 0.5) is 5.69 Å². The molecule has 20 heavy (non-hydrogen) atoms. The molecule has 3 rings (SSSR count). The lowest BCUT2D eigenvalue weighted by Crippen LogP contribution is -2.44. The van der Waals surface area contributed by atoms with Crippen molar-refractivity contribution in [2.75, 3.05) is 38.0 Å². The van der Waals surface area contributed by atoms with Crippen molar-refractivity contribution >= 4 is 11.6 Å². The lowest BCUT2D eigenvalue weighted by atomic mass is 9.98. The van der Waals surface area contributed by atoms with Crippen LogP contribution in [0.15, 0.2) is 18.2 Å². The maximum absolute atomic E-state index is 11.3. The number of anilines is 1. The molecule has 0 radical (unpaired) electrons. The summed E-state index contributed by atoms with van der Waals surface area (Å²) in [4.78, 5) is 13.6. The number of nitrogens with zero attached hydrogens (tertiary/aromatic N) is 1. The van der Waals surface area contributed by atoms with E-state index in [9.17, 15) is 9.90 Å². The average molecular weight is 275 g/mol. The van der Waals surface area contributed by atoms with E-state index in [-0.39, 0.29) is 5.91 Å². The minimum Gasteiger partial charge on any atom is -0.387 e. The van der Waals surface area contributed by atoms with Crippen LogP contribution in [0.5, 0.6) is 0 Å². The standard InChI is InChI=1S/C15H21N3O2/c19-14(10-18-7-5-16-6-8-18)12-1-3-13-11(9-12)2-4-15(20)17-13/h1,3,9,14,16,19H,2,4-8,10H2,(H,17,20). The topological polar surface area (TPSA) is 64.6 Å². The van der Waals surface area contributed by atoms with Gasteiger partial charge in [0.1, 0.15) is 0 Å². The number of benzene rings is 1. The summed E-state index contributed by atoms with van der Waals surface area (Å²) in [6.07, 6.45) is 0.829. The molecule has 0 aromatic heterocycles. The molecule has 1 unspecified atom stereocenters. The summed E-state index contributed by atoms with van der Waals surface area (Å²) in [5.74, 6) is 0.0756. The van der Waals surface area contributed by atoms with Crippen molar-refractivity contribution in [1.29, 1.82) is 0 Å². The van der Waals surface area contributed by atoms with Gasteiger partial charge < -0.3 is 15.7 Å². The lowest BCUT2D eigenvalue weighted by Gasteiger charge is -2.29. The molecule has 2 aliphatic heterocycles. The van der Waals surface area contributed by atoms with Crippen LogP contribution in [0.3, 0.4) is 0 Å². The number of fused-ring (bicyclic) bond motifs is 1. The number of aliphatic hydroxyl groups excluding tert-OH is 1. The fourth-order valence-electron chi connectivity index (χ4n) is 2.85. The second-order valence-electron chi connectivity index (χ2n) is 5.53. The van der Waals surface area contributed by atoms with Gasteiger partial charge in [0.05, 0.1) is 6.10 Å². The largest absolute Gasteiger partial charge is 0.387 e. The molecule has 0 saturated carbocycles. The second kappa shape index (κ2) is 5.91. The summed E-state index contributed by atoms with van der Waals surface area (Å²) in [7, 11) is 0. The van der Waals surface area contributed by atoms with E-state index in [4.69, 9.17) is 0 Å². The van der Waals surface area contributed by atoms with Gasteiger partial charge in [-0.25, -0.2) is 0 Å². The number of carbonyl (C=O) groups excluding carboxylic acids is 1. The molecular weight excluding hydrogens is 254 g/mol. The van der Waals surface area contributed by atoms with Crippen molar-refractivity contribution < 1.29 is 9.90 Å². The Morgan fingerprint density at radius 3 is 2.85 bits per heavy atom. The number of aliphatic hydroxyl groups is 1. The molecule has 1 aromatic carbocycles. The highest BCUT2D eigenvalue weighted by Gasteiger charge is 2.19. The monoisotopic (exact) mass is 275 g/mol. The molecular formula is C15H21N3O2. The molecule has 0 aliphatic carbocycles. The number of carbonyl (C=O) groups is 1. The van der Waals surface area contributed by atoms with Gasteiger partial charge >= 0.3 is 0 Å². The molecule has 2 aliphatic rings. The SMILES string of the molecule is O=C1CCc2cc(C(O)CN3CCNCC3)ccc2N1. The molecule has 1 atom stereocenters. The first-order chi connectivity index (χ1) is 9.72. The van der Waals surface area contributed by atoms with Gasteiger partial charge in [-0.3, -0.25) is 9.69 Å². The van der Waals surface area contributed by atoms with Crippen LogP contribution in [-0.2, 0) is 11.2 Å². The van der Waals surface area contributed by atoms with E-state index in [1.165, 1.54) is 0 Å². The zero-order chi connectivity index (χ0) is 13.9. The number of hydrogen-bond acceptors (Lipinski definition) is 4. The number of β-amino-alcohol motifs (C(OH)–C–C–N with tert-alkyl or cyclic N) is 1. The minimum atomic E-state index is -0.462. The molecule has 2 heterocycles. The van der Waals surface area contributed by atoms with Crippen LogP contribution in [0, 0.1) is 0 Å². The highest BCUT2D eigenvalue weighted by molar-refractivity contribution is 5.93. The molecule has 3 N–H and O–H groups in total. The van der Waals surface area contributed by atoms with Gasteiger partial charge in [0.15, 0.2) is 0 Å². The molecule has 1 fully saturated rings.